The Morgan fingerprint density at radius 2 is 1.82 bits per heavy atom. The maximum atomic E-state index is 5.63. The average Bonchev–Trinajstić information content (AvgIpc) is 2.28. The molecule has 1 aromatic rings. The second kappa shape index (κ2) is 6.61. The Bertz CT molecular complexity index is 344. The predicted octanol–water partition coefficient (Wildman–Crippen LogP) is 4.24. The Kier molecular flexibility index (Phi) is 5.43. The van der Waals surface area contributed by atoms with E-state index in [9.17, 15) is 0 Å². The number of hydrogen-bond donors (Lipinski definition) is 0. The summed E-state index contributed by atoms with van der Waals surface area (Å²) in [5.74, 6) is 0. The van der Waals surface area contributed by atoms with Crippen molar-refractivity contribution in [2.45, 2.75) is 34.1 Å². The van der Waals surface area contributed by atoms with Gasteiger partial charge in [-0.3, -0.25) is 0 Å². The van der Waals surface area contributed by atoms with Crippen molar-refractivity contribution in [3.8, 4) is 0 Å². The third-order valence-electron chi connectivity index (χ3n) is 3.07. The average molecular weight is 232 g/mol. The second-order valence-electron chi connectivity index (χ2n) is 5.45. The molecule has 1 rings (SSSR count). The van der Waals surface area contributed by atoms with Gasteiger partial charge in [0.05, 0.1) is 13.2 Å². The molecule has 0 N–H and O–H groups in total. The van der Waals surface area contributed by atoms with Crippen LogP contribution in [-0.4, -0.2) is 13.2 Å². The zero-order valence-corrected chi connectivity index (χ0v) is 11.5. The Morgan fingerprint density at radius 3 is 2.41 bits per heavy atom. The molecule has 0 aliphatic carbocycles. The lowest BCUT2D eigenvalue weighted by atomic mass is 9.87. The van der Waals surface area contributed by atoms with Crippen LogP contribution in [0, 0.1) is 5.41 Å². The normalized spacial score (nSPS) is 12.8. The van der Waals surface area contributed by atoms with Crippen molar-refractivity contribution in [2.24, 2.45) is 5.41 Å². The summed E-state index contributed by atoms with van der Waals surface area (Å²) in [6.45, 7) is 10.4. The molecular weight excluding hydrogens is 208 g/mol. The van der Waals surface area contributed by atoms with Crippen LogP contribution in [0.1, 0.15) is 33.3 Å². The first kappa shape index (κ1) is 14.0. The van der Waals surface area contributed by atoms with Crippen LogP contribution in [0.5, 0.6) is 0 Å². The van der Waals surface area contributed by atoms with Crippen molar-refractivity contribution in [1.82, 2.24) is 0 Å². The van der Waals surface area contributed by atoms with E-state index in [-0.39, 0.29) is 5.41 Å². The van der Waals surface area contributed by atoms with Crippen molar-refractivity contribution in [2.75, 3.05) is 13.2 Å². The fourth-order valence-corrected chi connectivity index (χ4v) is 1.41. The Morgan fingerprint density at radius 1 is 1.18 bits per heavy atom. The molecule has 0 saturated heterocycles. The molecule has 0 aliphatic rings. The predicted molar refractivity (Wildman–Crippen MR) is 74.2 cm³/mol. The summed E-state index contributed by atoms with van der Waals surface area (Å²) in [6.07, 6.45) is 3.17. The van der Waals surface area contributed by atoms with Gasteiger partial charge in [0.1, 0.15) is 0 Å². The van der Waals surface area contributed by atoms with Crippen LogP contribution < -0.4 is 0 Å². The molecule has 0 amide bonds. The lowest BCUT2D eigenvalue weighted by Crippen LogP contribution is -2.08. The molecular formula is C16H24O. The Balaban J connectivity index is 2.22. The molecule has 1 aromatic carbocycles. The Labute approximate surface area is 106 Å². The number of hydrogen-bond acceptors (Lipinski definition) is 1. The highest BCUT2D eigenvalue weighted by Gasteiger charge is 2.11. The van der Waals surface area contributed by atoms with Gasteiger partial charge in [-0.15, -0.1) is 0 Å². The van der Waals surface area contributed by atoms with Gasteiger partial charge in [0.15, 0.2) is 0 Å². The quantitative estimate of drug-likeness (QED) is 0.545. The Hall–Kier alpha value is -1.08. The van der Waals surface area contributed by atoms with Gasteiger partial charge in [-0.2, -0.15) is 0 Å². The highest BCUT2D eigenvalue weighted by atomic mass is 16.5. The summed E-state index contributed by atoms with van der Waals surface area (Å²) in [5.41, 5.74) is 2.98. The van der Waals surface area contributed by atoms with E-state index in [4.69, 9.17) is 4.74 Å². The summed E-state index contributed by atoms with van der Waals surface area (Å²) in [5, 5.41) is 0. The first-order chi connectivity index (χ1) is 8.00. The van der Waals surface area contributed by atoms with Crippen LogP contribution in [0.4, 0.5) is 0 Å². The van der Waals surface area contributed by atoms with Gasteiger partial charge in [0.2, 0.25) is 0 Å². The zero-order chi connectivity index (χ0) is 12.7. The summed E-state index contributed by atoms with van der Waals surface area (Å²) in [7, 11) is 0. The highest BCUT2D eigenvalue weighted by molar-refractivity contribution is 5.14. The minimum absolute atomic E-state index is 0.253. The summed E-state index contributed by atoms with van der Waals surface area (Å²) in [6, 6.07) is 10.5. The van der Waals surface area contributed by atoms with E-state index < -0.39 is 0 Å². The highest BCUT2D eigenvalue weighted by Crippen LogP contribution is 2.23. The van der Waals surface area contributed by atoms with E-state index in [1.807, 2.05) is 6.07 Å². The van der Waals surface area contributed by atoms with E-state index in [1.165, 1.54) is 11.1 Å². The molecule has 0 aliphatic heterocycles. The molecule has 0 spiro atoms. The molecule has 0 atom stereocenters. The first-order valence-corrected chi connectivity index (χ1v) is 6.29. The molecule has 1 nitrogen and oxygen atoms in total. The first-order valence-electron chi connectivity index (χ1n) is 6.29. The summed E-state index contributed by atoms with van der Waals surface area (Å²) >= 11 is 0. The van der Waals surface area contributed by atoms with Crippen LogP contribution in [0.15, 0.2) is 42.0 Å². The molecule has 17 heavy (non-hydrogen) atoms. The standard InChI is InChI=1S/C16H24O/c1-14(16(2,3)4)10-12-17-13-11-15-8-6-5-7-9-15/h5-10H,11-13H2,1-4H3/b14-10+. The van der Waals surface area contributed by atoms with Crippen molar-refractivity contribution in [1.29, 1.82) is 0 Å². The van der Waals surface area contributed by atoms with E-state index in [0.29, 0.717) is 0 Å². The maximum absolute atomic E-state index is 5.63. The number of benzene rings is 1. The van der Waals surface area contributed by atoms with Crippen molar-refractivity contribution >= 4 is 0 Å². The van der Waals surface area contributed by atoms with Gasteiger partial charge in [0, 0.05) is 0 Å². The molecule has 0 heterocycles. The lowest BCUT2D eigenvalue weighted by Gasteiger charge is -2.19. The third-order valence-corrected chi connectivity index (χ3v) is 3.07. The van der Waals surface area contributed by atoms with Crippen LogP contribution >= 0.6 is 0 Å². The monoisotopic (exact) mass is 232 g/mol. The van der Waals surface area contributed by atoms with Crippen molar-refractivity contribution < 1.29 is 4.74 Å². The molecule has 0 radical (unpaired) electrons. The zero-order valence-electron chi connectivity index (χ0n) is 11.5. The number of ether oxygens (including phenoxy) is 1. The molecule has 0 saturated carbocycles. The van der Waals surface area contributed by atoms with Gasteiger partial charge < -0.3 is 4.74 Å². The van der Waals surface area contributed by atoms with Crippen molar-refractivity contribution in [3.63, 3.8) is 0 Å². The van der Waals surface area contributed by atoms with Gasteiger partial charge in [-0.1, -0.05) is 62.8 Å². The maximum Gasteiger partial charge on any atom is 0.0650 e. The summed E-state index contributed by atoms with van der Waals surface area (Å²) < 4.78 is 5.63. The van der Waals surface area contributed by atoms with Crippen LogP contribution in [0.2, 0.25) is 0 Å². The van der Waals surface area contributed by atoms with Gasteiger partial charge in [-0.05, 0) is 24.3 Å². The topological polar surface area (TPSA) is 9.23 Å². The lowest BCUT2D eigenvalue weighted by molar-refractivity contribution is 0.164. The molecule has 1 heteroatoms. The van der Waals surface area contributed by atoms with E-state index in [1.54, 1.807) is 0 Å². The number of rotatable bonds is 5. The SMILES string of the molecule is C/C(=C\COCCc1ccccc1)C(C)(C)C. The van der Waals surface area contributed by atoms with E-state index in [2.05, 4.69) is 58.0 Å². The van der Waals surface area contributed by atoms with Crippen molar-refractivity contribution in [3.05, 3.63) is 47.5 Å². The fourth-order valence-electron chi connectivity index (χ4n) is 1.41. The van der Waals surface area contributed by atoms with Crippen LogP contribution in [0.3, 0.4) is 0 Å². The minimum Gasteiger partial charge on any atom is -0.377 e. The van der Waals surface area contributed by atoms with Gasteiger partial charge in [0.25, 0.3) is 0 Å². The smallest absolute Gasteiger partial charge is 0.0650 e. The number of allylic oxidation sites excluding steroid dienone is 1. The largest absolute Gasteiger partial charge is 0.377 e. The summed E-state index contributed by atoms with van der Waals surface area (Å²) in [4.78, 5) is 0. The molecule has 0 unspecified atom stereocenters. The van der Waals surface area contributed by atoms with Crippen LogP contribution in [0.25, 0.3) is 0 Å². The molecule has 0 fully saturated rings. The van der Waals surface area contributed by atoms with Gasteiger partial charge >= 0.3 is 0 Å². The molecule has 0 bridgehead atoms. The second-order valence-corrected chi connectivity index (χ2v) is 5.45. The molecule has 0 aromatic heterocycles. The molecule has 94 valence electrons. The van der Waals surface area contributed by atoms with Gasteiger partial charge in [-0.25, -0.2) is 0 Å². The third kappa shape index (κ3) is 5.69. The van der Waals surface area contributed by atoms with E-state index in [0.717, 1.165) is 19.6 Å². The van der Waals surface area contributed by atoms with E-state index >= 15 is 0 Å². The fraction of sp³-hybridized carbons (Fsp3) is 0.500. The van der Waals surface area contributed by atoms with Crippen LogP contribution in [-0.2, 0) is 11.2 Å². The minimum atomic E-state index is 0.253.